The van der Waals surface area contributed by atoms with Gasteiger partial charge in [-0.15, -0.1) is 0 Å². The highest BCUT2D eigenvalue weighted by Crippen LogP contribution is 2.08. The van der Waals surface area contributed by atoms with E-state index in [1.807, 2.05) is 0 Å². The van der Waals surface area contributed by atoms with Crippen molar-refractivity contribution < 1.29 is 23.9 Å². The first kappa shape index (κ1) is 15.4. The van der Waals surface area contributed by atoms with Crippen LogP contribution in [0.2, 0.25) is 0 Å². The molecule has 0 saturated heterocycles. The number of hydrogen-bond acceptors (Lipinski definition) is 6. The van der Waals surface area contributed by atoms with Gasteiger partial charge >= 0.3 is 5.97 Å². The summed E-state index contributed by atoms with van der Waals surface area (Å²) in [5.41, 5.74) is 0. The van der Waals surface area contributed by atoms with Crippen LogP contribution >= 0.6 is 0 Å². The van der Waals surface area contributed by atoms with E-state index in [1.54, 1.807) is 21.1 Å². The van der Waals surface area contributed by atoms with Gasteiger partial charge in [0.15, 0.2) is 0 Å². The minimum absolute atomic E-state index is 0.117. The summed E-state index contributed by atoms with van der Waals surface area (Å²) in [7, 11) is 5.10. The normalized spacial score (nSPS) is 16.5. The molecule has 1 rings (SSSR count). The molecule has 0 fully saturated rings. The highest BCUT2D eigenvalue weighted by molar-refractivity contribution is 5.84. The fourth-order valence-corrected chi connectivity index (χ4v) is 1.77. The van der Waals surface area contributed by atoms with Gasteiger partial charge in [0.2, 0.25) is 0 Å². The van der Waals surface area contributed by atoms with E-state index in [0.717, 1.165) is 18.9 Å². The first-order chi connectivity index (χ1) is 8.80. The molecule has 0 amide bonds. The number of amidine groups is 1. The van der Waals surface area contributed by atoms with Gasteiger partial charge in [-0.1, -0.05) is 0 Å². The Labute approximate surface area is 112 Å². The zero-order valence-corrected chi connectivity index (χ0v) is 11.6. The molecular weight excluding hydrogens is 250 g/mol. The van der Waals surface area contributed by atoms with Gasteiger partial charge in [-0.3, -0.25) is 9.79 Å². The number of quaternary nitrogens is 1. The predicted molar refractivity (Wildman–Crippen MR) is 67.3 cm³/mol. The van der Waals surface area contributed by atoms with Gasteiger partial charge in [0.1, 0.15) is 12.5 Å². The number of carbonyl (C=O) groups excluding carboxylic acids is 2. The summed E-state index contributed by atoms with van der Waals surface area (Å²) in [5, 5.41) is 14.1. The van der Waals surface area contributed by atoms with Crippen LogP contribution in [-0.2, 0) is 14.3 Å². The molecule has 0 spiro atoms. The van der Waals surface area contributed by atoms with Crippen molar-refractivity contribution in [3.8, 4) is 0 Å². The molecule has 1 atom stereocenters. The summed E-state index contributed by atoms with van der Waals surface area (Å²) in [5.74, 6) is -0.942. The van der Waals surface area contributed by atoms with Gasteiger partial charge in [-0.2, -0.15) is 0 Å². The third-order valence-electron chi connectivity index (χ3n) is 2.91. The number of carbonyl (C=O) groups is 2. The number of carboxylic acids is 1. The van der Waals surface area contributed by atoms with E-state index >= 15 is 0 Å². The number of carboxylic acid groups (broad SMARTS) is 1. The maximum atomic E-state index is 11.6. The van der Waals surface area contributed by atoms with Gasteiger partial charge in [-0.05, 0) is 0 Å². The highest BCUT2D eigenvalue weighted by atomic mass is 16.5. The zero-order valence-electron chi connectivity index (χ0n) is 11.6. The minimum atomic E-state index is -1.24. The van der Waals surface area contributed by atoms with Crippen LogP contribution in [0.25, 0.3) is 0 Å². The topological polar surface area (TPSA) is 90.8 Å². The zero-order chi connectivity index (χ0) is 14.5. The summed E-state index contributed by atoms with van der Waals surface area (Å²) in [6.07, 6.45) is 0.345. The summed E-state index contributed by atoms with van der Waals surface area (Å²) in [6, 6.07) is -0.908. The molecule has 0 aromatic rings. The molecule has 0 bridgehead atoms. The average molecular weight is 271 g/mol. The van der Waals surface area contributed by atoms with E-state index in [2.05, 4.69) is 10.3 Å². The lowest BCUT2D eigenvalue weighted by molar-refractivity contribution is -0.888. The molecule has 108 valence electrons. The van der Waals surface area contributed by atoms with Crippen molar-refractivity contribution >= 4 is 17.8 Å². The van der Waals surface area contributed by atoms with E-state index in [-0.39, 0.29) is 17.5 Å². The maximum absolute atomic E-state index is 11.6. The van der Waals surface area contributed by atoms with Crippen LogP contribution in [0, 0.1) is 0 Å². The molecule has 1 aliphatic heterocycles. The van der Waals surface area contributed by atoms with E-state index in [0.29, 0.717) is 6.42 Å². The van der Waals surface area contributed by atoms with Crippen molar-refractivity contribution in [1.29, 1.82) is 0 Å². The van der Waals surface area contributed by atoms with Crippen LogP contribution < -0.4 is 10.4 Å². The number of nitrogens with one attached hydrogen (secondary N) is 1. The van der Waals surface area contributed by atoms with Crippen molar-refractivity contribution in [3.63, 3.8) is 0 Å². The lowest BCUT2D eigenvalue weighted by Crippen LogP contribution is -2.55. The van der Waals surface area contributed by atoms with Gasteiger partial charge in [0.05, 0.1) is 46.1 Å². The van der Waals surface area contributed by atoms with Crippen LogP contribution in [0.4, 0.5) is 0 Å². The van der Waals surface area contributed by atoms with Crippen molar-refractivity contribution in [2.24, 2.45) is 4.99 Å². The third kappa shape index (κ3) is 5.25. The first-order valence-corrected chi connectivity index (χ1v) is 6.25. The molecule has 1 aliphatic rings. The van der Waals surface area contributed by atoms with Crippen molar-refractivity contribution in [2.45, 2.75) is 18.9 Å². The van der Waals surface area contributed by atoms with E-state index in [1.165, 1.54) is 0 Å². The molecule has 0 saturated carbocycles. The smallest absolute Gasteiger partial charge is 0.312 e. The Balaban J connectivity index is 2.34. The predicted octanol–water partition coefficient (Wildman–Crippen LogP) is -1.86. The number of likely N-dealkylation sites (N-methyl/N-ethyl adjacent to an activating group) is 1. The lowest BCUT2D eigenvalue weighted by atomic mass is 10.1. The third-order valence-corrected chi connectivity index (χ3v) is 2.91. The van der Waals surface area contributed by atoms with Gasteiger partial charge in [0, 0.05) is 13.0 Å². The number of esters is 1. The number of aliphatic carboxylic acids is 1. The second-order valence-corrected chi connectivity index (χ2v) is 5.38. The Kier molecular flexibility index (Phi) is 5.29. The van der Waals surface area contributed by atoms with Crippen molar-refractivity contribution in [2.75, 3.05) is 40.8 Å². The summed E-state index contributed by atoms with van der Waals surface area (Å²) < 4.78 is 5.14. The number of ether oxygens (including phenoxy) is 1. The van der Waals surface area contributed by atoms with Gasteiger partial charge in [0.25, 0.3) is 0 Å². The number of nitrogens with zero attached hydrogens (tertiary/aromatic N) is 2. The molecule has 0 aromatic carbocycles. The quantitative estimate of drug-likeness (QED) is 0.433. The van der Waals surface area contributed by atoms with Gasteiger partial charge in [-0.25, -0.2) is 0 Å². The Morgan fingerprint density at radius 1 is 1.47 bits per heavy atom. The average Bonchev–Trinajstić information content (AvgIpc) is 2.77. The Morgan fingerprint density at radius 3 is 2.63 bits per heavy atom. The van der Waals surface area contributed by atoms with Crippen LogP contribution in [0.15, 0.2) is 4.99 Å². The monoisotopic (exact) mass is 271 g/mol. The van der Waals surface area contributed by atoms with Crippen molar-refractivity contribution in [3.05, 3.63) is 0 Å². The van der Waals surface area contributed by atoms with Crippen LogP contribution in [0.1, 0.15) is 12.8 Å². The Morgan fingerprint density at radius 2 is 2.16 bits per heavy atom. The molecule has 0 aliphatic carbocycles. The van der Waals surface area contributed by atoms with Crippen LogP contribution in [0.5, 0.6) is 0 Å². The standard InChI is InChI=1S/C12H21N3O4/c1-15(2,3)9(12(17)18)8-11(16)19-7-4-10-13-5-6-14-10/h9H,4-8H2,1-3H3,(H-,13,14,17,18). The molecular formula is C12H21N3O4. The number of aliphatic imine (C=N–C) groups is 1. The second kappa shape index (κ2) is 6.51. The van der Waals surface area contributed by atoms with Crippen LogP contribution in [0.3, 0.4) is 0 Å². The minimum Gasteiger partial charge on any atom is -0.544 e. The second-order valence-electron chi connectivity index (χ2n) is 5.38. The van der Waals surface area contributed by atoms with Gasteiger partial charge < -0.3 is 24.4 Å². The number of rotatable bonds is 7. The lowest BCUT2D eigenvalue weighted by Gasteiger charge is -2.34. The fraction of sp³-hybridized carbons (Fsp3) is 0.750. The Bertz CT molecular complexity index is 374. The fourth-order valence-electron chi connectivity index (χ4n) is 1.77. The SMILES string of the molecule is C[N+](C)(C)C(CC(=O)OCCC1=NCCN1)C(=O)[O-]. The summed E-state index contributed by atoms with van der Waals surface area (Å²) >= 11 is 0. The molecule has 1 heterocycles. The van der Waals surface area contributed by atoms with E-state index in [9.17, 15) is 14.7 Å². The molecule has 1 unspecified atom stereocenters. The van der Waals surface area contributed by atoms with E-state index < -0.39 is 18.0 Å². The van der Waals surface area contributed by atoms with E-state index in [4.69, 9.17) is 4.74 Å². The molecule has 0 radical (unpaired) electrons. The van der Waals surface area contributed by atoms with Crippen LogP contribution in [-0.4, -0.2) is 69.1 Å². The maximum Gasteiger partial charge on any atom is 0.312 e. The molecule has 0 aromatic heterocycles. The highest BCUT2D eigenvalue weighted by Gasteiger charge is 2.28. The van der Waals surface area contributed by atoms with Crippen molar-refractivity contribution in [1.82, 2.24) is 5.32 Å². The molecule has 7 nitrogen and oxygen atoms in total. The molecule has 7 heteroatoms. The first-order valence-electron chi connectivity index (χ1n) is 6.25. The Hall–Kier alpha value is -1.63. The molecule has 1 N–H and O–H groups in total. The summed E-state index contributed by atoms with van der Waals surface area (Å²) in [4.78, 5) is 26.8. The largest absolute Gasteiger partial charge is 0.544 e. The summed E-state index contributed by atoms with van der Waals surface area (Å²) in [6.45, 7) is 1.77. The number of hydrogen-bond donors (Lipinski definition) is 1. The molecule has 19 heavy (non-hydrogen) atoms.